The summed E-state index contributed by atoms with van der Waals surface area (Å²) in [5.41, 5.74) is 8.28. The van der Waals surface area contributed by atoms with Crippen molar-refractivity contribution in [1.82, 2.24) is 9.55 Å². The first-order valence-electron chi connectivity index (χ1n) is 9.07. The van der Waals surface area contributed by atoms with Crippen molar-refractivity contribution in [2.24, 2.45) is 0 Å². The molecule has 1 aromatic heterocycles. The molecule has 152 valence electrons. The van der Waals surface area contributed by atoms with Gasteiger partial charge in [-0.3, -0.25) is 14.3 Å². The molecule has 0 bridgehead atoms. The Labute approximate surface area is 169 Å². The molecule has 2 aromatic rings. The molecular weight excluding hydrogens is 378 g/mol. The molecule has 0 saturated carbocycles. The Morgan fingerprint density at radius 2 is 2.04 bits per heavy atom. The Balaban J connectivity index is 2.47. The quantitative estimate of drug-likeness (QED) is 0.605. The van der Waals surface area contributed by atoms with Crippen molar-refractivity contribution in [3.05, 3.63) is 50.2 Å². The predicted molar refractivity (Wildman–Crippen MR) is 117 cm³/mol. The van der Waals surface area contributed by atoms with Gasteiger partial charge in [-0.05, 0) is 55.7 Å². The molecule has 0 unspecified atom stereocenters. The number of nitrogen functional groups attached to an aromatic ring is 1. The van der Waals surface area contributed by atoms with Crippen LogP contribution in [0.1, 0.15) is 24.5 Å². The van der Waals surface area contributed by atoms with E-state index in [1.165, 1.54) is 10.1 Å². The van der Waals surface area contributed by atoms with Gasteiger partial charge >= 0.3 is 5.69 Å². The smallest absolute Gasteiger partial charge is 0.330 e. The SMILES string of the molecule is CCCn1c(N)c(N(CCOC)C(=S)Nc2ccc(C)c(C)c2)c(=O)[nH]c1=O. The molecule has 1 aromatic carbocycles. The van der Waals surface area contributed by atoms with E-state index < -0.39 is 11.2 Å². The maximum Gasteiger partial charge on any atom is 0.330 e. The lowest BCUT2D eigenvalue weighted by Gasteiger charge is -2.27. The average Bonchev–Trinajstić information content (AvgIpc) is 2.64. The van der Waals surface area contributed by atoms with E-state index in [1.54, 1.807) is 12.0 Å². The number of anilines is 3. The van der Waals surface area contributed by atoms with Crippen LogP contribution in [0.15, 0.2) is 27.8 Å². The molecule has 0 spiro atoms. The minimum Gasteiger partial charge on any atom is -0.383 e. The van der Waals surface area contributed by atoms with Gasteiger partial charge in [-0.2, -0.15) is 0 Å². The van der Waals surface area contributed by atoms with Gasteiger partial charge in [0.05, 0.1) is 6.61 Å². The van der Waals surface area contributed by atoms with Crippen LogP contribution in [-0.4, -0.2) is 34.9 Å². The minimum atomic E-state index is -0.588. The number of rotatable bonds is 7. The van der Waals surface area contributed by atoms with E-state index in [9.17, 15) is 9.59 Å². The predicted octanol–water partition coefficient (Wildman–Crippen LogP) is 2.00. The van der Waals surface area contributed by atoms with Crippen molar-refractivity contribution in [3.8, 4) is 0 Å². The van der Waals surface area contributed by atoms with Crippen LogP contribution >= 0.6 is 12.2 Å². The maximum atomic E-state index is 12.6. The summed E-state index contributed by atoms with van der Waals surface area (Å²) >= 11 is 5.55. The highest BCUT2D eigenvalue weighted by atomic mass is 32.1. The van der Waals surface area contributed by atoms with Crippen LogP contribution in [0.5, 0.6) is 0 Å². The highest BCUT2D eigenvalue weighted by Gasteiger charge is 2.22. The van der Waals surface area contributed by atoms with Crippen LogP contribution in [0.2, 0.25) is 0 Å². The largest absolute Gasteiger partial charge is 0.383 e. The number of aromatic nitrogens is 2. The van der Waals surface area contributed by atoms with Crippen LogP contribution in [0.3, 0.4) is 0 Å². The van der Waals surface area contributed by atoms with Crippen molar-refractivity contribution < 1.29 is 4.74 Å². The monoisotopic (exact) mass is 405 g/mol. The Morgan fingerprint density at radius 3 is 2.64 bits per heavy atom. The third kappa shape index (κ3) is 4.79. The number of hydrogen-bond acceptors (Lipinski definition) is 5. The number of hydrogen-bond donors (Lipinski definition) is 3. The Bertz CT molecular complexity index is 967. The number of aryl methyl sites for hydroxylation is 2. The van der Waals surface area contributed by atoms with Crippen LogP contribution in [0, 0.1) is 13.8 Å². The molecule has 4 N–H and O–H groups in total. The summed E-state index contributed by atoms with van der Waals surface area (Å²) < 4.78 is 6.50. The lowest BCUT2D eigenvalue weighted by Crippen LogP contribution is -2.44. The summed E-state index contributed by atoms with van der Waals surface area (Å²) in [5.74, 6) is 0.0796. The summed E-state index contributed by atoms with van der Waals surface area (Å²) in [4.78, 5) is 28.6. The van der Waals surface area contributed by atoms with E-state index in [-0.39, 0.29) is 11.5 Å². The average molecular weight is 406 g/mol. The van der Waals surface area contributed by atoms with E-state index in [0.29, 0.717) is 31.2 Å². The fourth-order valence-electron chi connectivity index (χ4n) is 2.79. The molecule has 0 atom stereocenters. The van der Waals surface area contributed by atoms with Gasteiger partial charge in [0.25, 0.3) is 5.56 Å². The van der Waals surface area contributed by atoms with Gasteiger partial charge in [0, 0.05) is 25.9 Å². The first kappa shape index (κ1) is 21.6. The second-order valence-corrected chi connectivity index (χ2v) is 6.91. The molecule has 0 aliphatic heterocycles. The number of benzene rings is 1. The first-order valence-corrected chi connectivity index (χ1v) is 9.48. The summed E-state index contributed by atoms with van der Waals surface area (Å²) in [6.07, 6.45) is 0.693. The van der Waals surface area contributed by atoms with E-state index >= 15 is 0 Å². The number of nitrogens with one attached hydrogen (secondary N) is 2. The zero-order valence-electron chi connectivity index (χ0n) is 16.7. The van der Waals surface area contributed by atoms with E-state index in [1.807, 2.05) is 39.0 Å². The van der Waals surface area contributed by atoms with E-state index in [0.717, 1.165) is 11.3 Å². The summed E-state index contributed by atoms with van der Waals surface area (Å²) in [6.45, 7) is 6.97. The standard InChI is InChI=1S/C19H27N5O3S/c1-5-8-24-16(20)15(17(25)22-18(24)26)23(9-10-27-4)19(28)21-14-7-6-12(2)13(3)11-14/h6-7,11H,5,8-10,20H2,1-4H3,(H,21,28)(H,22,25,26). The van der Waals surface area contributed by atoms with Gasteiger partial charge in [-0.1, -0.05) is 13.0 Å². The number of H-pyrrole nitrogens is 1. The third-order valence-electron chi connectivity index (χ3n) is 4.45. The van der Waals surface area contributed by atoms with Crippen molar-refractivity contribution >= 4 is 34.5 Å². The van der Waals surface area contributed by atoms with Gasteiger partial charge in [0.2, 0.25) is 0 Å². The fraction of sp³-hybridized carbons (Fsp3) is 0.421. The molecule has 0 aliphatic carbocycles. The zero-order chi connectivity index (χ0) is 20.8. The summed E-state index contributed by atoms with van der Waals surface area (Å²) in [6, 6.07) is 5.87. The van der Waals surface area contributed by atoms with Gasteiger partial charge in [0.15, 0.2) is 10.8 Å². The van der Waals surface area contributed by atoms with E-state index in [2.05, 4.69) is 10.3 Å². The van der Waals surface area contributed by atoms with Gasteiger partial charge in [0.1, 0.15) is 5.82 Å². The Hall–Kier alpha value is -2.65. The Morgan fingerprint density at radius 1 is 1.32 bits per heavy atom. The highest BCUT2D eigenvalue weighted by Crippen LogP contribution is 2.20. The van der Waals surface area contributed by atoms with Crippen LogP contribution in [0.4, 0.5) is 17.2 Å². The van der Waals surface area contributed by atoms with Crippen LogP contribution in [-0.2, 0) is 11.3 Å². The fourth-order valence-corrected chi connectivity index (χ4v) is 3.09. The number of nitrogens with zero attached hydrogens (tertiary/aromatic N) is 2. The lowest BCUT2D eigenvalue weighted by atomic mass is 10.1. The van der Waals surface area contributed by atoms with Crippen molar-refractivity contribution in [2.45, 2.75) is 33.7 Å². The van der Waals surface area contributed by atoms with Gasteiger partial charge < -0.3 is 20.7 Å². The molecule has 2 rings (SSSR count). The molecule has 8 nitrogen and oxygen atoms in total. The normalized spacial score (nSPS) is 10.7. The lowest BCUT2D eigenvalue weighted by molar-refractivity contribution is 0.208. The molecule has 0 aliphatic rings. The molecule has 0 radical (unpaired) electrons. The summed E-state index contributed by atoms with van der Waals surface area (Å²) in [5, 5.41) is 3.43. The third-order valence-corrected chi connectivity index (χ3v) is 4.78. The summed E-state index contributed by atoms with van der Waals surface area (Å²) in [7, 11) is 1.56. The topological polar surface area (TPSA) is 105 Å². The van der Waals surface area contributed by atoms with Crippen LogP contribution in [0.25, 0.3) is 0 Å². The second-order valence-electron chi connectivity index (χ2n) is 6.52. The van der Waals surface area contributed by atoms with Crippen molar-refractivity contribution in [3.63, 3.8) is 0 Å². The molecule has 0 saturated heterocycles. The highest BCUT2D eigenvalue weighted by molar-refractivity contribution is 7.80. The Kier molecular flexibility index (Phi) is 7.36. The van der Waals surface area contributed by atoms with E-state index in [4.69, 9.17) is 22.7 Å². The molecular formula is C19H27N5O3S. The number of aromatic amines is 1. The number of nitrogens with two attached hydrogens (primary N) is 1. The van der Waals surface area contributed by atoms with Crippen LogP contribution < -0.4 is 27.2 Å². The molecule has 0 amide bonds. The molecule has 9 heteroatoms. The minimum absolute atomic E-state index is 0.0796. The molecule has 28 heavy (non-hydrogen) atoms. The van der Waals surface area contributed by atoms with Gasteiger partial charge in [-0.25, -0.2) is 4.79 Å². The first-order chi connectivity index (χ1) is 13.3. The van der Waals surface area contributed by atoms with Crippen molar-refractivity contribution in [1.29, 1.82) is 0 Å². The zero-order valence-corrected chi connectivity index (χ0v) is 17.5. The van der Waals surface area contributed by atoms with Gasteiger partial charge in [-0.15, -0.1) is 0 Å². The molecule has 0 fully saturated rings. The maximum absolute atomic E-state index is 12.6. The van der Waals surface area contributed by atoms with Crippen molar-refractivity contribution in [2.75, 3.05) is 36.2 Å². The number of thiocarbonyl (C=S) groups is 1. The number of ether oxygens (including phenoxy) is 1. The molecule has 1 heterocycles. The number of methoxy groups -OCH3 is 1. The second kappa shape index (κ2) is 9.52.